The Balaban J connectivity index is 1.31. The van der Waals surface area contributed by atoms with Crippen LogP contribution < -0.4 is 10.6 Å². The minimum atomic E-state index is 0.0163. The summed E-state index contributed by atoms with van der Waals surface area (Å²) in [5.41, 5.74) is 1.19. The van der Waals surface area contributed by atoms with Crippen LogP contribution in [-0.2, 0) is 11.3 Å². The third-order valence-electron chi connectivity index (χ3n) is 3.46. The fourth-order valence-electron chi connectivity index (χ4n) is 2.17. The van der Waals surface area contributed by atoms with E-state index in [1.165, 1.54) is 33.6 Å². The summed E-state index contributed by atoms with van der Waals surface area (Å²) in [5, 5.41) is 15.2. The Morgan fingerprint density at radius 2 is 1.70 bits per heavy atom. The molecule has 0 spiro atoms. The van der Waals surface area contributed by atoms with Gasteiger partial charge in [-0.05, 0) is 17.7 Å². The second-order valence-electron chi connectivity index (χ2n) is 5.51. The number of nitrogens with zero attached hydrogens (tertiary/aromatic N) is 2. The molecule has 3 rings (SSSR count). The minimum Gasteiger partial charge on any atom is -0.356 e. The van der Waals surface area contributed by atoms with Crippen molar-refractivity contribution < 1.29 is 4.79 Å². The van der Waals surface area contributed by atoms with Gasteiger partial charge >= 0.3 is 0 Å². The molecule has 0 unspecified atom stereocenters. The second kappa shape index (κ2) is 11.0. The normalized spacial score (nSPS) is 10.5. The number of rotatable bonds is 10. The molecule has 2 aromatic carbocycles. The second-order valence-corrected chi connectivity index (χ2v) is 8.88. The Labute approximate surface area is 171 Å². The minimum absolute atomic E-state index is 0.0163. The first-order valence-corrected chi connectivity index (χ1v) is 11.3. The molecule has 3 aromatic rings. The number of thioether (sulfide) groups is 2. The number of carbonyl (C=O) groups excluding carboxylic acids is 1. The van der Waals surface area contributed by atoms with Gasteiger partial charge in [0.1, 0.15) is 0 Å². The molecule has 0 atom stereocenters. The zero-order valence-electron chi connectivity index (χ0n) is 14.6. The van der Waals surface area contributed by atoms with Crippen LogP contribution in [0, 0.1) is 0 Å². The molecule has 0 saturated heterocycles. The first-order chi connectivity index (χ1) is 13.3. The zero-order chi connectivity index (χ0) is 18.7. The van der Waals surface area contributed by atoms with E-state index >= 15 is 0 Å². The summed E-state index contributed by atoms with van der Waals surface area (Å²) in [4.78, 5) is 13.2. The summed E-state index contributed by atoms with van der Waals surface area (Å²) in [6.45, 7) is 1.36. The summed E-state index contributed by atoms with van der Waals surface area (Å²) in [6, 6.07) is 20.3. The molecule has 0 aliphatic carbocycles. The molecular weight excluding hydrogens is 396 g/mol. The molecule has 1 aromatic heterocycles. The lowest BCUT2D eigenvalue weighted by Crippen LogP contribution is -2.27. The summed E-state index contributed by atoms with van der Waals surface area (Å²) in [5.74, 6) is 1.22. The Morgan fingerprint density at radius 1 is 0.963 bits per heavy atom. The quantitative estimate of drug-likeness (QED) is 0.382. The lowest BCUT2D eigenvalue weighted by atomic mass is 10.2. The van der Waals surface area contributed by atoms with E-state index in [1.54, 1.807) is 11.8 Å². The molecule has 0 aliphatic rings. The highest BCUT2D eigenvalue weighted by atomic mass is 32.2. The van der Waals surface area contributed by atoms with Gasteiger partial charge in [0.2, 0.25) is 11.0 Å². The Morgan fingerprint density at radius 3 is 2.48 bits per heavy atom. The van der Waals surface area contributed by atoms with E-state index in [4.69, 9.17) is 0 Å². The number of hydrogen-bond donors (Lipinski definition) is 2. The van der Waals surface area contributed by atoms with Gasteiger partial charge in [0.25, 0.3) is 0 Å². The molecule has 1 heterocycles. The van der Waals surface area contributed by atoms with Crippen LogP contribution in [0.4, 0.5) is 5.13 Å². The smallest absolute Gasteiger partial charge is 0.230 e. The SMILES string of the molecule is O=C(CSc1nnc(NCc2ccccc2)s1)NCCSc1ccccc1. The Bertz CT molecular complexity index is 827. The number of aromatic nitrogens is 2. The molecule has 0 aliphatic heterocycles. The molecule has 0 fully saturated rings. The topological polar surface area (TPSA) is 66.9 Å². The monoisotopic (exact) mass is 416 g/mol. The Kier molecular flexibility index (Phi) is 8.01. The maximum absolute atomic E-state index is 11.9. The lowest BCUT2D eigenvalue weighted by molar-refractivity contribution is -0.118. The number of hydrogen-bond acceptors (Lipinski definition) is 7. The highest BCUT2D eigenvalue weighted by molar-refractivity contribution is 8.01. The average molecular weight is 417 g/mol. The molecule has 140 valence electrons. The van der Waals surface area contributed by atoms with Gasteiger partial charge in [-0.1, -0.05) is 71.6 Å². The van der Waals surface area contributed by atoms with E-state index in [2.05, 4.69) is 45.1 Å². The molecule has 0 radical (unpaired) electrons. The first-order valence-electron chi connectivity index (χ1n) is 8.48. The van der Waals surface area contributed by atoms with Gasteiger partial charge in [-0.3, -0.25) is 4.79 Å². The highest BCUT2D eigenvalue weighted by Crippen LogP contribution is 2.25. The van der Waals surface area contributed by atoms with Crippen molar-refractivity contribution in [3.8, 4) is 0 Å². The van der Waals surface area contributed by atoms with Crippen molar-refractivity contribution in [3.63, 3.8) is 0 Å². The first kappa shape index (κ1) is 19.7. The van der Waals surface area contributed by atoms with Crippen LogP contribution in [0.25, 0.3) is 0 Å². The van der Waals surface area contributed by atoms with Crippen LogP contribution in [0.5, 0.6) is 0 Å². The fourth-order valence-corrected chi connectivity index (χ4v) is 4.53. The molecule has 27 heavy (non-hydrogen) atoms. The number of nitrogens with one attached hydrogen (secondary N) is 2. The van der Waals surface area contributed by atoms with Crippen LogP contribution >= 0.6 is 34.9 Å². The van der Waals surface area contributed by atoms with Gasteiger partial charge in [-0.2, -0.15) is 0 Å². The van der Waals surface area contributed by atoms with Gasteiger partial charge in [0, 0.05) is 23.7 Å². The summed E-state index contributed by atoms with van der Waals surface area (Å²) < 4.78 is 0.791. The predicted molar refractivity (Wildman–Crippen MR) is 115 cm³/mol. The third kappa shape index (κ3) is 7.24. The van der Waals surface area contributed by atoms with Gasteiger partial charge in [-0.15, -0.1) is 22.0 Å². The van der Waals surface area contributed by atoms with Crippen molar-refractivity contribution in [3.05, 3.63) is 66.2 Å². The van der Waals surface area contributed by atoms with Crippen molar-refractivity contribution in [1.29, 1.82) is 0 Å². The lowest BCUT2D eigenvalue weighted by Gasteiger charge is -2.04. The largest absolute Gasteiger partial charge is 0.356 e. The van der Waals surface area contributed by atoms with Crippen molar-refractivity contribution in [2.24, 2.45) is 0 Å². The number of anilines is 1. The van der Waals surface area contributed by atoms with Crippen LogP contribution in [-0.4, -0.2) is 34.2 Å². The van der Waals surface area contributed by atoms with Gasteiger partial charge in [-0.25, -0.2) is 0 Å². The Hall–Kier alpha value is -2.03. The zero-order valence-corrected chi connectivity index (χ0v) is 17.1. The molecular formula is C19H20N4OS3. The van der Waals surface area contributed by atoms with E-state index in [0.29, 0.717) is 18.8 Å². The fraction of sp³-hybridized carbons (Fsp3) is 0.211. The van der Waals surface area contributed by atoms with E-state index in [1.807, 2.05) is 36.4 Å². The third-order valence-corrected chi connectivity index (χ3v) is 6.48. The standard InChI is InChI=1S/C19H20N4OS3/c24-17(20-11-12-25-16-9-5-2-6-10-16)14-26-19-23-22-18(27-19)21-13-15-7-3-1-4-8-15/h1-10H,11-14H2,(H,20,24)(H,21,22). The summed E-state index contributed by atoms with van der Waals surface area (Å²) in [6.07, 6.45) is 0. The van der Waals surface area contributed by atoms with Crippen LogP contribution in [0.2, 0.25) is 0 Å². The van der Waals surface area contributed by atoms with Gasteiger partial charge < -0.3 is 10.6 Å². The number of amides is 1. The average Bonchev–Trinajstić information content (AvgIpc) is 3.18. The van der Waals surface area contributed by atoms with Crippen molar-refractivity contribution in [2.45, 2.75) is 15.8 Å². The maximum Gasteiger partial charge on any atom is 0.230 e. The van der Waals surface area contributed by atoms with E-state index in [0.717, 1.165) is 15.2 Å². The van der Waals surface area contributed by atoms with Crippen molar-refractivity contribution in [2.75, 3.05) is 23.4 Å². The van der Waals surface area contributed by atoms with Gasteiger partial charge in [0.05, 0.1) is 5.75 Å². The van der Waals surface area contributed by atoms with E-state index in [-0.39, 0.29) is 5.91 Å². The van der Waals surface area contributed by atoms with Gasteiger partial charge in [0.15, 0.2) is 4.34 Å². The van der Waals surface area contributed by atoms with Crippen LogP contribution in [0.1, 0.15) is 5.56 Å². The predicted octanol–water partition coefficient (Wildman–Crippen LogP) is 4.15. The maximum atomic E-state index is 11.9. The van der Waals surface area contributed by atoms with Crippen molar-refractivity contribution >= 4 is 45.9 Å². The van der Waals surface area contributed by atoms with Crippen LogP contribution in [0.15, 0.2) is 69.9 Å². The summed E-state index contributed by atoms with van der Waals surface area (Å²) in [7, 11) is 0. The molecule has 5 nitrogen and oxygen atoms in total. The number of carbonyl (C=O) groups is 1. The van der Waals surface area contributed by atoms with E-state index in [9.17, 15) is 4.79 Å². The molecule has 8 heteroatoms. The number of benzene rings is 2. The van der Waals surface area contributed by atoms with E-state index < -0.39 is 0 Å². The molecule has 2 N–H and O–H groups in total. The van der Waals surface area contributed by atoms with Crippen LogP contribution in [0.3, 0.4) is 0 Å². The molecule has 0 saturated carbocycles. The molecule has 1 amide bonds. The molecule has 0 bridgehead atoms. The van der Waals surface area contributed by atoms with Crippen molar-refractivity contribution in [1.82, 2.24) is 15.5 Å². The highest BCUT2D eigenvalue weighted by Gasteiger charge is 2.08. The summed E-state index contributed by atoms with van der Waals surface area (Å²) >= 11 is 4.61.